The molecule has 0 aliphatic heterocycles. The van der Waals surface area contributed by atoms with Crippen molar-refractivity contribution in [2.45, 2.75) is 89.9 Å². The Morgan fingerprint density at radius 2 is 0.714 bits per heavy atom. The van der Waals surface area contributed by atoms with E-state index >= 15 is 0 Å². The Hall–Kier alpha value is -2.30. The molecule has 0 fully saturated rings. The van der Waals surface area contributed by atoms with Crippen LogP contribution in [0.2, 0.25) is 0 Å². The second-order valence-corrected chi connectivity index (χ2v) is 14.0. The van der Waals surface area contributed by atoms with Crippen molar-refractivity contribution in [2.24, 2.45) is 0 Å². The van der Waals surface area contributed by atoms with Gasteiger partial charge in [-0.05, 0) is 71.5 Å². The zero-order valence-electron chi connectivity index (χ0n) is 25.4. The number of unbranched alkanes of at least 4 members (excludes halogenated alkanes) is 12. The summed E-state index contributed by atoms with van der Waals surface area (Å²) in [6, 6.07) is 29.7. The van der Waals surface area contributed by atoms with Crippen LogP contribution in [0.5, 0.6) is 11.5 Å². The van der Waals surface area contributed by atoms with Crippen LogP contribution in [0, 0.1) is 0 Å². The van der Waals surface area contributed by atoms with Gasteiger partial charge in [0.25, 0.3) is 0 Å². The fourth-order valence-electron chi connectivity index (χ4n) is 5.31. The van der Waals surface area contributed by atoms with E-state index in [0.717, 1.165) is 37.6 Å². The molecule has 0 aliphatic rings. The number of ether oxygens (including phenoxy) is 2. The Morgan fingerprint density at radius 3 is 1.14 bits per heavy atom. The SMILES string of the molecule is c1ccc2cc(OCCCCCCCCCSSCCCCCCCCCOc3ccc4ccccc4c3)ccc2c1. The van der Waals surface area contributed by atoms with Crippen LogP contribution in [0.15, 0.2) is 84.9 Å². The standard InChI is InChI=1S/C38H50O2S2/c1(3-7-15-27-39-37-25-23-33-19-11-13-21-35(33)31-37)5-9-17-29-41-42-30-18-10-6-2-4-8-16-28-40-38-26-24-34-20-12-14-22-36(34)32-38/h11-14,19-26,31-32H,1-10,15-18,27-30H2. The smallest absolute Gasteiger partial charge is 0.119 e. The predicted molar refractivity (Wildman–Crippen MR) is 188 cm³/mol. The molecule has 0 aliphatic carbocycles. The summed E-state index contributed by atoms with van der Waals surface area (Å²) >= 11 is 0. The van der Waals surface area contributed by atoms with Gasteiger partial charge in [-0.15, -0.1) is 0 Å². The van der Waals surface area contributed by atoms with Crippen molar-refractivity contribution in [1.29, 1.82) is 0 Å². The highest BCUT2D eigenvalue weighted by Crippen LogP contribution is 2.25. The number of fused-ring (bicyclic) bond motifs is 2. The number of benzene rings is 4. The Labute approximate surface area is 262 Å². The van der Waals surface area contributed by atoms with Crippen LogP contribution in [0.25, 0.3) is 21.5 Å². The molecule has 4 rings (SSSR count). The van der Waals surface area contributed by atoms with E-state index in [1.54, 1.807) is 0 Å². The highest BCUT2D eigenvalue weighted by atomic mass is 33.1. The largest absolute Gasteiger partial charge is 0.494 e. The molecule has 0 radical (unpaired) electrons. The molecule has 0 unspecified atom stereocenters. The lowest BCUT2D eigenvalue weighted by Gasteiger charge is -2.07. The van der Waals surface area contributed by atoms with Crippen LogP contribution >= 0.6 is 21.6 Å². The minimum Gasteiger partial charge on any atom is -0.494 e. The van der Waals surface area contributed by atoms with Gasteiger partial charge in [-0.1, -0.05) is 146 Å². The Balaban J connectivity index is 0.837. The summed E-state index contributed by atoms with van der Waals surface area (Å²) in [5.74, 6) is 4.61. The van der Waals surface area contributed by atoms with E-state index in [0.29, 0.717) is 0 Å². The van der Waals surface area contributed by atoms with Crippen molar-refractivity contribution in [3.8, 4) is 11.5 Å². The monoisotopic (exact) mass is 602 g/mol. The third-order valence-electron chi connectivity index (χ3n) is 7.81. The Kier molecular flexibility index (Phi) is 16.0. The van der Waals surface area contributed by atoms with E-state index in [2.05, 4.69) is 107 Å². The highest BCUT2D eigenvalue weighted by molar-refractivity contribution is 8.76. The van der Waals surface area contributed by atoms with Gasteiger partial charge < -0.3 is 9.47 Å². The molecule has 4 aromatic rings. The molecule has 2 nitrogen and oxygen atoms in total. The van der Waals surface area contributed by atoms with Crippen molar-refractivity contribution < 1.29 is 9.47 Å². The van der Waals surface area contributed by atoms with Crippen molar-refractivity contribution in [1.82, 2.24) is 0 Å². The molecule has 226 valence electrons. The topological polar surface area (TPSA) is 18.5 Å². The van der Waals surface area contributed by atoms with Gasteiger partial charge >= 0.3 is 0 Å². The van der Waals surface area contributed by atoms with E-state index in [1.165, 1.54) is 110 Å². The van der Waals surface area contributed by atoms with Crippen molar-refractivity contribution in [2.75, 3.05) is 24.7 Å². The van der Waals surface area contributed by atoms with Gasteiger partial charge in [-0.2, -0.15) is 0 Å². The van der Waals surface area contributed by atoms with Crippen LogP contribution in [-0.4, -0.2) is 24.7 Å². The predicted octanol–water partition coefficient (Wildman–Crippen LogP) is 12.3. The molecule has 0 N–H and O–H groups in total. The fraction of sp³-hybridized carbons (Fsp3) is 0.474. The lowest BCUT2D eigenvalue weighted by molar-refractivity contribution is 0.304. The summed E-state index contributed by atoms with van der Waals surface area (Å²) in [6.45, 7) is 1.66. The molecular weight excluding hydrogens is 553 g/mol. The normalized spacial score (nSPS) is 11.3. The fourth-order valence-corrected chi connectivity index (χ4v) is 7.60. The first-order valence-electron chi connectivity index (χ1n) is 16.4. The lowest BCUT2D eigenvalue weighted by Crippen LogP contribution is -1.97. The Bertz CT molecular complexity index is 1170. The van der Waals surface area contributed by atoms with E-state index in [-0.39, 0.29) is 0 Å². The van der Waals surface area contributed by atoms with E-state index in [9.17, 15) is 0 Å². The van der Waals surface area contributed by atoms with Gasteiger partial charge in [-0.25, -0.2) is 0 Å². The second kappa shape index (κ2) is 20.6. The van der Waals surface area contributed by atoms with Crippen molar-refractivity contribution in [3.05, 3.63) is 84.9 Å². The number of hydrogen-bond donors (Lipinski definition) is 0. The molecule has 4 aromatic carbocycles. The van der Waals surface area contributed by atoms with Crippen LogP contribution in [0.4, 0.5) is 0 Å². The first-order valence-corrected chi connectivity index (χ1v) is 18.8. The molecule has 42 heavy (non-hydrogen) atoms. The van der Waals surface area contributed by atoms with Crippen LogP contribution in [0.3, 0.4) is 0 Å². The number of rotatable bonds is 23. The van der Waals surface area contributed by atoms with Crippen molar-refractivity contribution in [3.63, 3.8) is 0 Å². The average molecular weight is 603 g/mol. The molecule has 0 spiro atoms. The molecule has 0 amide bonds. The highest BCUT2D eigenvalue weighted by Gasteiger charge is 2.00. The molecule has 0 bridgehead atoms. The van der Waals surface area contributed by atoms with Gasteiger partial charge in [0.05, 0.1) is 13.2 Å². The summed E-state index contributed by atoms with van der Waals surface area (Å²) < 4.78 is 11.9. The molecule has 4 heteroatoms. The quantitative estimate of drug-likeness (QED) is 0.0620. The van der Waals surface area contributed by atoms with Crippen LogP contribution in [0.1, 0.15) is 89.9 Å². The summed E-state index contributed by atoms with van der Waals surface area (Å²) in [7, 11) is 4.18. The molecule has 0 aromatic heterocycles. The maximum Gasteiger partial charge on any atom is 0.119 e. The minimum atomic E-state index is 0.828. The van der Waals surface area contributed by atoms with Crippen LogP contribution in [-0.2, 0) is 0 Å². The maximum atomic E-state index is 5.96. The summed E-state index contributed by atoms with van der Waals surface area (Å²) in [5.41, 5.74) is 0. The minimum absolute atomic E-state index is 0.828. The molecule has 0 saturated carbocycles. The second-order valence-electron chi connectivity index (χ2n) is 11.3. The molecule has 0 saturated heterocycles. The molecule has 0 atom stereocenters. The third-order valence-corrected chi connectivity index (χ3v) is 10.4. The maximum absolute atomic E-state index is 5.96. The summed E-state index contributed by atoms with van der Waals surface area (Å²) in [4.78, 5) is 0. The zero-order valence-corrected chi connectivity index (χ0v) is 27.1. The van der Waals surface area contributed by atoms with Crippen molar-refractivity contribution >= 4 is 43.1 Å². The first kappa shape index (κ1) is 32.6. The van der Waals surface area contributed by atoms with Gasteiger partial charge in [0.1, 0.15) is 11.5 Å². The van der Waals surface area contributed by atoms with Gasteiger partial charge in [0.2, 0.25) is 0 Å². The van der Waals surface area contributed by atoms with Gasteiger partial charge in [-0.3, -0.25) is 0 Å². The Morgan fingerprint density at radius 1 is 0.357 bits per heavy atom. The first-order chi connectivity index (χ1) is 20.9. The van der Waals surface area contributed by atoms with Gasteiger partial charge in [0.15, 0.2) is 0 Å². The lowest BCUT2D eigenvalue weighted by atomic mass is 10.1. The van der Waals surface area contributed by atoms with Crippen LogP contribution < -0.4 is 9.47 Å². The summed E-state index contributed by atoms with van der Waals surface area (Å²) in [5, 5.41) is 5.05. The third kappa shape index (κ3) is 12.9. The average Bonchev–Trinajstić information content (AvgIpc) is 3.03. The zero-order chi connectivity index (χ0) is 28.9. The van der Waals surface area contributed by atoms with E-state index in [1.807, 2.05) is 0 Å². The van der Waals surface area contributed by atoms with E-state index < -0.39 is 0 Å². The molecular formula is C38H50O2S2. The summed E-state index contributed by atoms with van der Waals surface area (Å²) in [6.07, 6.45) is 18.5. The molecule has 0 heterocycles. The van der Waals surface area contributed by atoms with Gasteiger partial charge in [0, 0.05) is 11.5 Å². The number of hydrogen-bond acceptors (Lipinski definition) is 4. The van der Waals surface area contributed by atoms with E-state index in [4.69, 9.17) is 9.47 Å².